The average Bonchev–Trinajstić information content (AvgIpc) is 3.20. The molecule has 2 aromatic rings. The number of hydrogen-bond acceptors (Lipinski definition) is 3. The Morgan fingerprint density at radius 3 is 3.00 bits per heavy atom. The quantitative estimate of drug-likeness (QED) is 0.771. The highest BCUT2D eigenvalue weighted by Crippen LogP contribution is 2.38. The number of nitriles is 1. The molecule has 0 atom stereocenters. The van der Waals surface area contributed by atoms with Crippen LogP contribution in [-0.4, -0.2) is 16.2 Å². The first-order valence-corrected chi connectivity index (χ1v) is 6.82. The average molecular weight is 255 g/mol. The Morgan fingerprint density at radius 1 is 1.47 bits per heavy atom. The molecule has 3 rings (SSSR count). The number of nitrogens with zero attached hydrogens (tertiary/aromatic N) is 3. The standard InChI is InChI=1S/C15H17N3O/c1-2-7-19-10-15-17-13-8-11(9-16)3-6-14(13)18(15)12-4-5-12/h3,6,8,12H,2,4-5,7,10H2,1H3. The van der Waals surface area contributed by atoms with Crippen molar-refractivity contribution in [2.45, 2.75) is 38.8 Å². The van der Waals surface area contributed by atoms with Gasteiger partial charge in [0.15, 0.2) is 0 Å². The van der Waals surface area contributed by atoms with Crippen LogP contribution < -0.4 is 0 Å². The smallest absolute Gasteiger partial charge is 0.136 e. The van der Waals surface area contributed by atoms with Crippen molar-refractivity contribution in [3.05, 3.63) is 29.6 Å². The zero-order valence-electron chi connectivity index (χ0n) is 11.1. The van der Waals surface area contributed by atoms with Crippen LogP contribution in [-0.2, 0) is 11.3 Å². The molecule has 0 N–H and O–H groups in total. The maximum absolute atomic E-state index is 8.96. The van der Waals surface area contributed by atoms with E-state index in [0.29, 0.717) is 18.2 Å². The normalized spacial score (nSPS) is 14.7. The summed E-state index contributed by atoms with van der Waals surface area (Å²) in [5.41, 5.74) is 2.69. The summed E-state index contributed by atoms with van der Waals surface area (Å²) in [5.74, 6) is 0.987. The summed E-state index contributed by atoms with van der Waals surface area (Å²) in [5, 5.41) is 8.96. The highest BCUT2D eigenvalue weighted by molar-refractivity contribution is 5.78. The second-order valence-electron chi connectivity index (χ2n) is 5.00. The van der Waals surface area contributed by atoms with Crippen LogP contribution in [0.5, 0.6) is 0 Å². The molecule has 1 aromatic carbocycles. The Labute approximate surface area is 112 Å². The van der Waals surface area contributed by atoms with E-state index in [2.05, 4.69) is 22.5 Å². The zero-order chi connectivity index (χ0) is 13.2. The first kappa shape index (κ1) is 12.2. The molecule has 1 fully saturated rings. The number of rotatable bonds is 5. The largest absolute Gasteiger partial charge is 0.374 e. The van der Waals surface area contributed by atoms with Crippen molar-refractivity contribution in [1.82, 2.24) is 9.55 Å². The van der Waals surface area contributed by atoms with E-state index >= 15 is 0 Å². The van der Waals surface area contributed by atoms with Crippen LogP contribution in [0.3, 0.4) is 0 Å². The molecule has 4 nitrogen and oxygen atoms in total. The molecule has 0 saturated heterocycles. The Bertz CT molecular complexity index is 635. The predicted molar refractivity (Wildman–Crippen MR) is 72.7 cm³/mol. The molecule has 1 heterocycles. The SMILES string of the molecule is CCCOCc1nc2cc(C#N)ccc2n1C1CC1. The van der Waals surface area contributed by atoms with Gasteiger partial charge in [-0.3, -0.25) is 0 Å². The molecule has 1 aromatic heterocycles. The van der Waals surface area contributed by atoms with Crippen LogP contribution in [0.25, 0.3) is 11.0 Å². The molecule has 0 unspecified atom stereocenters. The van der Waals surface area contributed by atoms with Gasteiger partial charge in [0, 0.05) is 12.6 Å². The van der Waals surface area contributed by atoms with Crippen molar-refractivity contribution in [2.75, 3.05) is 6.61 Å². The number of fused-ring (bicyclic) bond motifs is 1. The lowest BCUT2D eigenvalue weighted by molar-refractivity contribution is 0.114. The third-order valence-electron chi connectivity index (χ3n) is 3.38. The van der Waals surface area contributed by atoms with Gasteiger partial charge in [-0.25, -0.2) is 4.98 Å². The van der Waals surface area contributed by atoms with E-state index in [1.807, 2.05) is 18.2 Å². The van der Waals surface area contributed by atoms with Gasteiger partial charge in [-0.05, 0) is 37.5 Å². The highest BCUT2D eigenvalue weighted by Gasteiger charge is 2.28. The van der Waals surface area contributed by atoms with Gasteiger partial charge in [0.1, 0.15) is 12.4 Å². The van der Waals surface area contributed by atoms with Crippen LogP contribution in [0.15, 0.2) is 18.2 Å². The number of benzene rings is 1. The maximum atomic E-state index is 8.96. The van der Waals surface area contributed by atoms with Gasteiger partial charge in [0.25, 0.3) is 0 Å². The van der Waals surface area contributed by atoms with E-state index in [1.54, 1.807) is 0 Å². The lowest BCUT2D eigenvalue weighted by Crippen LogP contribution is -2.04. The van der Waals surface area contributed by atoms with Gasteiger partial charge in [0.05, 0.1) is 22.7 Å². The first-order chi connectivity index (χ1) is 9.33. The van der Waals surface area contributed by atoms with Crippen molar-refractivity contribution in [3.8, 4) is 6.07 Å². The molecule has 1 saturated carbocycles. The van der Waals surface area contributed by atoms with Crippen LogP contribution in [0.1, 0.15) is 43.6 Å². The first-order valence-electron chi connectivity index (χ1n) is 6.82. The molecule has 1 aliphatic rings. The van der Waals surface area contributed by atoms with Gasteiger partial charge < -0.3 is 9.30 Å². The lowest BCUT2D eigenvalue weighted by Gasteiger charge is -2.07. The summed E-state index contributed by atoms with van der Waals surface area (Å²) in [6.45, 7) is 3.42. The van der Waals surface area contributed by atoms with Crippen LogP contribution in [0.2, 0.25) is 0 Å². The molecule has 98 valence electrons. The Morgan fingerprint density at radius 2 is 2.32 bits per heavy atom. The molecule has 1 aliphatic carbocycles. The van der Waals surface area contributed by atoms with Crippen molar-refractivity contribution in [1.29, 1.82) is 5.26 Å². The van der Waals surface area contributed by atoms with E-state index in [1.165, 1.54) is 12.8 Å². The van der Waals surface area contributed by atoms with E-state index in [9.17, 15) is 0 Å². The minimum absolute atomic E-state index is 0.556. The van der Waals surface area contributed by atoms with Crippen LogP contribution in [0.4, 0.5) is 0 Å². The van der Waals surface area contributed by atoms with Gasteiger partial charge in [-0.2, -0.15) is 5.26 Å². The molecule has 0 spiro atoms. The third kappa shape index (κ3) is 2.34. The van der Waals surface area contributed by atoms with E-state index in [-0.39, 0.29) is 0 Å². The Hall–Kier alpha value is -1.86. The summed E-state index contributed by atoms with van der Waals surface area (Å²) in [4.78, 5) is 4.64. The molecule has 0 radical (unpaired) electrons. The third-order valence-corrected chi connectivity index (χ3v) is 3.38. The molecular formula is C15H17N3O. The van der Waals surface area contributed by atoms with E-state index < -0.39 is 0 Å². The van der Waals surface area contributed by atoms with Crippen molar-refractivity contribution in [3.63, 3.8) is 0 Å². The molecule has 0 aliphatic heterocycles. The fourth-order valence-electron chi connectivity index (χ4n) is 2.37. The maximum Gasteiger partial charge on any atom is 0.136 e. The second kappa shape index (κ2) is 5.02. The molecule has 0 amide bonds. The monoisotopic (exact) mass is 255 g/mol. The fourth-order valence-corrected chi connectivity index (χ4v) is 2.37. The molecular weight excluding hydrogens is 238 g/mol. The van der Waals surface area contributed by atoms with Gasteiger partial charge >= 0.3 is 0 Å². The van der Waals surface area contributed by atoms with Gasteiger partial charge in [0.2, 0.25) is 0 Å². The summed E-state index contributed by atoms with van der Waals surface area (Å²) in [7, 11) is 0. The lowest BCUT2D eigenvalue weighted by atomic mass is 10.2. The summed E-state index contributed by atoms with van der Waals surface area (Å²) in [6, 6.07) is 8.45. The van der Waals surface area contributed by atoms with Crippen molar-refractivity contribution >= 4 is 11.0 Å². The van der Waals surface area contributed by atoms with Crippen LogP contribution in [0, 0.1) is 11.3 Å². The number of ether oxygens (including phenoxy) is 1. The fraction of sp³-hybridized carbons (Fsp3) is 0.467. The van der Waals surface area contributed by atoms with Crippen molar-refractivity contribution < 1.29 is 4.74 Å². The Kier molecular flexibility index (Phi) is 3.22. The highest BCUT2D eigenvalue weighted by atomic mass is 16.5. The predicted octanol–water partition coefficient (Wildman–Crippen LogP) is 3.17. The summed E-state index contributed by atoms with van der Waals surface area (Å²) >= 11 is 0. The summed E-state index contributed by atoms with van der Waals surface area (Å²) < 4.78 is 7.91. The molecule has 0 bridgehead atoms. The molecule has 19 heavy (non-hydrogen) atoms. The number of imidazole rings is 1. The van der Waals surface area contributed by atoms with E-state index in [4.69, 9.17) is 10.00 Å². The van der Waals surface area contributed by atoms with E-state index in [0.717, 1.165) is 29.9 Å². The second-order valence-corrected chi connectivity index (χ2v) is 5.00. The topological polar surface area (TPSA) is 50.8 Å². The number of hydrogen-bond donors (Lipinski definition) is 0. The summed E-state index contributed by atoms with van der Waals surface area (Å²) in [6.07, 6.45) is 3.45. The van der Waals surface area contributed by atoms with Gasteiger partial charge in [-0.15, -0.1) is 0 Å². The Balaban J connectivity index is 2.00. The van der Waals surface area contributed by atoms with Gasteiger partial charge in [-0.1, -0.05) is 6.92 Å². The molecule has 4 heteroatoms. The zero-order valence-corrected chi connectivity index (χ0v) is 11.1. The number of aromatic nitrogens is 2. The minimum Gasteiger partial charge on any atom is -0.374 e. The van der Waals surface area contributed by atoms with Crippen LogP contribution >= 0.6 is 0 Å². The van der Waals surface area contributed by atoms with Crippen molar-refractivity contribution in [2.24, 2.45) is 0 Å². The minimum atomic E-state index is 0.556.